The minimum atomic E-state index is -0.996. The number of methoxy groups -OCH3 is 2. The molecule has 0 saturated carbocycles. The van der Waals surface area contributed by atoms with Crippen LogP contribution < -0.4 is 9.47 Å². The molecular weight excluding hydrogens is 353 g/mol. The van der Waals surface area contributed by atoms with E-state index in [2.05, 4.69) is 0 Å². The number of benzene rings is 2. The van der Waals surface area contributed by atoms with Gasteiger partial charge in [-0.05, 0) is 42.8 Å². The van der Waals surface area contributed by atoms with Gasteiger partial charge in [0.25, 0.3) is 5.91 Å². The summed E-state index contributed by atoms with van der Waals surface area (Å²) in [6.45, 7) is 1.69. The van der Waals surface area contributed by atoms with E-state index in [4.69, 9.17) is 14.2 Å². The molecule has 1 atom stereocenters. The number of amides is 1. The van der Waals surface area contributed by atoms with Crippen LogP contribution in [0.4, 0.5) is 4.39 Å². The predicted molar refractivity (Wildman–Crippen MR) is 97.3 cm³/mol. The summed E-state index contributed by atoms with van der Waals surface area (Å²) in [5.41, 5.74) is 0.879. The third kappa shape index (κ3) is 5.20. The van der Waals surface area contributed by atoms with Crippen LogP contribution in [0.5, 0.6) is 11.5 Å². The molecule has 0 fully saturated rings. The molecule has 0 spiro atoms. The van der Waals surface area contributed by atoms with E-state index in [1.807, 2.05) is 0 Å². The fourth-order valence-corrected chi connectivity index (χ4v) is 2.54. The van der Waals surface area contributed by atoms with Crippen LogP contribution in [0.3, 0.4) is 0 Å². The summed E-state index contributed by atoms with van der Waals surface area (Å²) in [5, 5.41) is 0. The third-order valence-electron chi connectivity index (χ3n) is 3.94. The van der Waals surface area contributed by atoms with Gasteiger partial charge in [-0.1, -0.05) is 12.1 Å². The number of hydrogen-bond donors (Lipinski definition) is 0. The molecule has 1 amide bonds. The van der Waals surface area contributed by atoms with Gasteiger partial charge in [0, 0.05) is 13.6 Å². The van der Waals surface area contributed by atoms with E-state index >= 15 is 0 Å². The van der Waals surface area contributed by atoms with Crippen molar-refractivity contribution in [3.8, 4) is 11.5 Å². The minimum absolute atomic E-state index is 0.203. The number of likely N-dealkylation sites (N-methyl/N-ethyl adjacent to an activating group) is 1. The Balaban J connectivity index is 2.01. The Hall–Kier alpha value is -3.09. The molecule has 144 valence electrons. The molecule has 2 aromatic rings. The Morgan fingerprint density at radius 3 is 2.41 bits per heavy atom. The maximum atomic E-state index is 13.3. The van der Waals surface area contributed by atoms with Crippen LogP contribution >= 0.6 is 0 Å². The van der Waals surface area contributed by atoms with Gasteiger partial charge in [-0.15, -0.1) is 0 Å². The zero-order valence-corrected chi connectivity index (χ0v) is 15.7. The number of halogens is 1. The summed E-state index contributed by atoms with van der Waals surface area (Å²) in [6.07, 6.45) is -0.996. The Bertz CT molecular complexity index is 824. The van der Waals surface area contributed by atoms with Crippen molar-refractivity contribution in [2.45, 2.75) is 19.6 Å². The maximum Gasteiger partial charge on any atom is 0.339 e. The summed E-state index contributed by atoms with van der Waals surface area (Å²) < 4.78 is 28.8. The summed E-state index contributed by atoms with van der Waals surface area (Å²) >= 11 is 0. The molecule has 6 nitrogen and oxygen atoms in total. The third-order valence-corrected chi connectivity index (χ3v) is 3.94. The fourth-order valence-electron chi connectivity index (χ4n) is 2.54. The van der Waals surface area contributed by atoms with Gasteiger partial charge in [0.15, 0.2) is 17.6 Å². The first-order valence-corrected chi connectivity index (χ1v) is 8.28. The number of carbonyl (C=O) groups excluding carboxylic acids is 2. The van der Waals surface area contributed by atoms with Crippen LogP contribution in [0.25, 0.3) is 0 Å². The van der Waals surface area contributed by atoms with Crippen molar-refractivity contribution >= 4 is 11.9 Å². The second-order valence-electron chi connectivity index (χ2n) is 5.94. The lowest BCUT2D eigenvalue weighted by atomic mass is 10.2. The van der Waals surface area contributed by atoms with E-state index in [0.717, 1.165) is 0 Å². The molecule has 7 heteroatoms. The molecule has 0 bridgehead atoms. The number of carbonyl (C=O) groups is 2. The number of rotatable bonds is 7. The molecule has 0 radical (unpaired) electrons. The van der Waals surface area contributed by atoms with Crippen LogP contribution in [0, 0.1) is 5.82 Å². The lowest BCUT2D eigenvalue weighted by Gasteiger charge is -2.21. The first kappa shape index (κ1) is 20.2. The zero-order chi connectivity index (χ0) is 20.0. The fraction of sp³-hybridized carbons (Fsp3) is 0.300. The van der Waals surface area contributed by atoms with Gasteiger partial charge < -0.3 is 19.1 Å². The van der Waals surface area contributed by atoms with Gasteiger partial charge in [-0.3, -0.25) is 4.79 Å². The van der Waals surface area contributed by atoms with Crippen molar-refractivity contribution in [3.63, 3.8) is 0 Å². The Morgan fingerprint density at radius 1 is 1.07 bits per heavy atom. The highest BCUT2D eigenvalue weighted by Gasteiger charge is 2.23. The molecule has 1 unspecified atom stereocenters. The highest BCUT2D eigenvalue weighted by atomic mass is 19.1. The van der Waals surface area contributed by atoms with E-state index in [1.54, 1.807) is 25.2 Å². The molecule has 0 aromatic heterocycles. The second-order valence-corrected chi connectivity index (χ2v) is 5.94. The Kier molecular flexibility index (Phi) is 6.76. The Labute approximate surface area is 157 Å². The van der Waals surface area contributed by atoms with E-state index in [1.165, 1.54) is 50.3 Å². The van der Waals surface area contributed by atoms with Crippen molar-refractivity contribution in [2.75, 3.05) is 21.3 Å². The molecule has 27 heavy (non-hydrogen) atoms. The summed E-state index contributed by atoms with van der Waals surface area (Å²) in [6, 6.07) is 10.6. The highest BCUT2D eigenvalue weighted by Crippen LogP contribution is 2.28. The van der Waals surface area contributed by atoms with Gasteiger partial charge in [0.1, 0.15) is 5.82 Å². The van der Waals surface area contributed by atoms with Crippen molar-refractivity contribution in [2.24, 2.45) is 0 Å². The van der Waals surface area contributed by atoms with E-state index in [0.29, 0.717) is 17.1 Å². The van der Waals surface area contributed by atoms with Crippen LogP contribution in [0.2, 0.25) is 0 Å². The quantitative estimate of drug-likeness (QED) is 0.696. The highest BCUT2D eigenvalue weighted by molar-refractivity contribution is 5.92. The lowest BCUT2D eigenvalue weighted by Crippen LogP contribution is -2.37. The number of nitrogens with zero attached hydrogens (tertiary/aromatic N) is 1. The monoisotopic (exact) mass is 375 g/mol. The first-order chi connectivity index (χ1) is 12.8. The minimum Gasteiger partial charge on any atom is -0.493 e. The predicted octanol–water partition coefficient (Wildman–Crippen LogP) is 3.05. The van der Waals surface area contributed by atoms with E-state index < -0.39 is 18.0 Å². The van der Waals surface area contributed by atoms with Crippen LogP contribution in [-0.4, -0.2) is 44.1 Å². The maximum absolute atomic E-state index is 13.3. The van der Waals surface area contributed by atoms with Gasteiger partial charge in [-0.2, -0.15) is 0 Å². The van der Waals surface area contributed by atoms with Gasteiger partial charge in [0.05, 0.1) is 19.8 Å². The molecule has 0 aliphatic carbocycles. The van der Waals surface area contributed by atoms with Gasteiger partial charge in [-0.25, -0.2) is 9.18 Å². The normalized spacial score (nSPS) is 11.4. The second kappa shape index (κ2) is 9.02. The molecule has 0 heterocycles. The zero-order valence-electron chi connectivity index (χ0n) is 15.7. The van der Waals surface area contributed by atoms with Crippen molar-refractivity contribution in [1.29, 1.82) is 0 Å². The molecule has 0 aliphatic rings. The number of ether oxygens (including phenoxy) is 3. The number of esters is 1. The summed E-state index contributed by atoms with van der Waals surface area (Å²) in [5.74, 6) is -0.563. The van der Waals surface area contributed by atoms with Crippen molar-refractivity contribution in [1.82, 2.24) is 4.90 Å². The van der Waals surface area contributed by atoms with Crippen LogP contribution in [0.15, 0.2) is 42.5 Å². The van der Waals surface area contributed by atoms with Gasteiger partial charge in [0.2, 0.25) is 0 Å². The molecular formula is C20H22FNO5. The SMILES string of the molecule is COc1ccc(C(=O)OC(C)C(=O)N(C)Cc2cccc(F)c2)cc1OC. The Morgan fingerprint density at radius 2 is 1.78 bits per heavy atom. The summed E-state index contributed by atoms with van der Waals surface area (Å²) in [7, 11) is 4.51. The van der Waals surface area contributed by atoms with E-state index in [9.17, 15) is 14.0 Å². The molecule has 0 N–H and O–H groups in total. The average Bonchev–Trinajstić information content (AvgIpc) is 2.66. The van der Waals surface area contributed by atoms with Crippen molar-refractivity contribution < 1.29 is 28.2 Å². The first-order valence-electron chi connectivity index (χ1n) is 8.28. The van der Waals surface area contributed by atoms with Crippen LogP contribution in [0.1, 0.15) is 22.8 Å². The standard InChI is InChI=1S/C20H22FNO5/c1-13(19(23)22(2)12-14-6-5-7-16(21)10-14)27-20(24)15-8-9-17(25-3)18(11-15)26-4/h5-11,13H,12H2,1-4H3. The van der Waals surface area contributed by atoms with Gasteiger partial charge >= 0.3 is 5.97 Å². The van der Waals surface area contributed by atoms with E-state index in [-0.39, 0.29) is 17.9 Å². The molecule has 0 saturated heterocycles. The molecule has 2 aromatic carbocycles. The lowest BCUT2D eigenvalue weighted by molar-refractivity contribution is -0.139. The smallest absolute Gasteiger partial charge is 0.339 e. The van der Waals surface area contributed by atoms with Crippen molar-refractivity contribution in [3.05, 3.63) is 59.4 Å². The molecule has 0 aliphatic heterocycles. The summed E-state index contributed by atoms with van der Waals surface area (Å²) in [4.78, 5) is 26.1. The molecule has 2 rings (SSSR count). The topological polar surface area (TPSA) is 65.1 Å². The number of hydrogen-bond acceptors (Lipinski definition) is 5. The van der Waals surface area contributed by atoms with Crippen LogP contribution in [-0.2, 0) is 16.1 Å². The average molecular weight is 375 g/mol. The largest absolute Gasteiger partial charge is 0.493 e.